The van der Waals surface area contributed by atoms with Gasteiger partial charge in [0.1, 0.15) is 5.82 Å². The highest BCUT2D eigenvalue weighted by molar-refractivity contribution is 5.95. The number of hydrogen-bond donors (Lipinski definition) is 2. The van der Waals surface area contributed by atoms with Gasteiger partial charge in [-0.15, -0.1) is 0 Å². The fourth-order valence-corrected chi connectivity index (χ4v) is 1.39. The normalized spacial score (nSPS) is 11.7. The Morgan fingerprint density at radius 3 is 2.47 bits per heavy atom. The summed E-state index contributed by atoms with van der Waals surface area (Å²) < 4.78 is 13.5. The number of hydrogen-bond acceptors (Lipinski definition) is 3. The summed E-state index contributed by atoms with van der Waals surface area (Å²) in [5, 5.41) is 2.79. The molecule has 0 aliphatic heterocycles. The summed E-state index contributed by atoms with van der Waals surface area (Å²) in [4.78, 5) is 14.0. The first kappa shape index (κ1) is 15.4. The van der Waals surface area contributed by atoms with Crippen LogP contribution < -0.4 is 11.1 Å². The van der Waals surface area contributed by atoms with Gasteiger partial charge in [-0.25, -0.2) is 4.39 Å². The van der Waals surface area contributed by atoms with E-state index >= 15 is 0 Å². The monoisotopic (exact) mass is 267 g/mol. The van der Waals surface area contributed by atoms with Crippen molar-refractivity contribution < 1.29 is 9.18 Å². The summed E-state index contributed by atoms with van der Waals surface area (Å²) >= 11 is 0. The van der Waals surface area contributed by atoms with Gasteiger partial charge in [0.2, 0.25) is 0 Å². The molecule has 0 aromatic heterocycles. The lowest BCUT2D eigenvalue weighted by molar-refractivity contribution is 0.0919. The Balaban J connectivity index is 2.80. The molecule has 0 radical (unpaired) electrons. The number of anilines is 1. The minimum atomic E-state index is -0.461. The van der Waals surface area contributed by atoms with Gasteiger partial charge in [-0.2, -0.15) is 0 Å². The van der Waals surface area contributed by atoms with Crippen LogP contribution in [0.5, 0.6) is 0 Å². The topological polar surface area (TPSA) is 58.4 Å². The molecule has 1 amide bonds. The summed E-state index contributed by atoms with van der Waals surface area (Å²) in [6, 6.07) is 2.71. The van der Waals surface area contributed by atoms with E-state index in [2.05, 4.69) is 5.32 Å². The van der Waals surface area contributed by atoms with Gasteiger partial charge < -0.3 is 16.0 Å². The van der Waals surface area contributed by atoms with Crippen molar-refractivity contribution in [3.63, 3.8) is 0 Å². The maximum absolute atomic E-state index is 13.5. The van der Waals surface area contributed by atoms with Crippen molar-refractivity contribution in [2.45, 2.75) is 26.3 Å². The molecule has 0 unspecified atom stereocenters. The van der Waals surface area contributed by atoms with E-state index in [0.29, 0.717) is 12.1 Å². The van der Waals surface area contributed by atoms with Gasteiger partial charge in [-0.05, 0) is 47.0 Å². The van der Waals surface area contributed by atoms with Gasteiger partial charge in [0, 0.05) is 28.9 Å². The van der Waals surface area contributed by atoms with Gasteiger partial charge in [0.15, 0.2) is 0 Å². The predicted octanol–water partition coefficient (Wildman–Crippen LogP) is 1.79. The zero-order chi connectivity index (χ0) is 14.8. The van der Waals surface area contributed by atoms with E-state index in [0.717, 1.165) is 0 Å². The molecule has 1 aromatic carbocycles. The van der Waals surface area contributed by atoms with E-state index in [4.69, 9.17) is 5.73 Å². The second-order valence-corrected chi connectivity index (χ2v) is 5.56. The van der Waals surface area contributed by atoms with Crippen molar-refractivity contribution in [2.75, 3.05) is 26.4 Å². The van der Waals surface area contributed by atoms with Crippen molar-refractivity contribution in [1.29, 1.82) is 0 Å². The smallest absolute Gasteiger partial charge is 0.251 e. The Morgan fingerprint density at radius 1 is 1.42 bits per heavy atom. The van der Waals surface area contributed by atoms with Crippen LogP contribution in [0, 0.1) is 12.7 Å². The van der Waals surface area contributed by atoms with Crippen LogP contribution in [-0.2, 0) is 0 Å². The van der Waals surface area contributed by atoms with E-state index in [1.807, 2.05) is 32.8 Å². The molecule has 0 atom stereocenters. The molecule has 0 fully saturated rings. The highest BCUT2D eigenvalue weighted by Gasteiger charge is 2.21. The van der Waals surface area contributed by atoms with E-state index in [1.54, 1.807) is 6.92 Å². The molecule has 0 spiro atoms. The average molecular weight is 267 g/mol. The second kappa shape index (κ2) is 5.57. The van der Waals surface area contributed by atoms with Crippen molar-refractivity contribution >= 4 is 11.6 Å². The fourth-order valence-electron chi connectivity index (χ4n) is 1.39. The van der Waals surface area contributed by atoms with Crippen molar-refractivity contribution in [3.05, 3.63) is 29.1 Å². The quantitative estimate of drug-likeness (QED) is 0.818. The number of benzene rings is 1. The van der Waals surface area contributed by atoms with Crippen LogP contribution in [0.15, 0.2) is 12.1 Å². The summed E-state index contributed by atoms with van der Waals surface area (Å²) in [6.07, 6.45) is 0. The van der Waals surface area contributed by atoms with Gasteiger partial charge in [0.25, 0.3) is 5.91 Å². The predicted molar refractivity (Wildman–Crippen MR) is 75.6 cm³/mol. The minimum absolute atomic E-state index is 0.176. The lowest BCUT2D eigenvalue weighted by Crippen LogP contribution is -2.48. The van der Waals surface area contributed by atoms with E-state index in [1.165, 1.54) is 12.1 Å². The number of rotatable bonds is 4. The van der Waals surface area contributed by atoms with Gasteiger partial charge in [-0.1, -0.05) is 0 Å². The number of likely N-dealkylation sites (N-methyl/N-ethyl adjacent to an activating group) is 1. The summed E-state index contributed by atoms with van der Waals surface area (Å²) in [5.74, 6) is -0.780. The molecule has 19 heavy (non-hydrogen) atoms. The SMILES string of the molecule is Cc1c(N)cc(C(=O)NCC(C)(C)N(C)C)cc1F. The molecule has 0 saturated carbocycles. The summed E-state index contributed by atoms with van der Waals surface area (Å²) in [7, 11) is 3.88. The Bertz CT molecular complexity index is 461. The van der Waals surface area contributed by atoms with Crippen LogP contribution in [0.1, 0.15) is 29.8 Å². The minimum Gasteiger partial charge on any atom is -0.398 e. The number of nitrogen functional groups attached to an aromatic ring is 1. The highest BCUT2D eigenvalue weighted by Crippen LogP contribution is 2.17. The zero-order valence-electron chi connectivity index (χ0n) is 12.2. The molecule has 106 valence electrons. The third-order valence-electron chi connectivity index (χ3n) is 3.54. The average Bonchev–Trinajstić information content (AvgIpc) is 2.32. The largest absolute Gasteiger partial charge is 0.398 e. The van der Waals surface area contributed by atoms with E-state index < -0.39 is 5.82 Å². The number of carbonyl (C=O) groups is 1. The Hall–Kier alpha value is -1.62. The van der Waals surface area contributed by atoms with Crippen LogP contribution in [0.4, 0.5) is 10.1 Å². The van der Waals surface area contributed by atoms with Crippen molar-refractivity contribution in [3.8, 4) is 0 Å². The van der Waals surface area contributed by atoms with Crippen molar-refractivity contribution in [2.24, 2.45) is 0 Å². The Labute approximate surface area is 113 Å². The van der Waals surface area contributed by atoms with Gasteiger partial charge in [-0.3, -0.25) is 4.79 Å². The zero-order valence-corrected chi connectivity index (χ0v) is 12.2. The number of nitrogens with zero attached hydrogens (tertiary/aromatic N) is 1. The molecular weight excluding hydrogens is 245 g/mol. The molecule has 4 nitrogen and oxygen atoms in total. The lowest BCUT2D eigenvalue weighted by Gasteiger charge is -2.32. The van der Waals surface area contributed by atoms with E-state index in [-0.39, 0.29) is 22.7 Å². The number of nitrogens with one attached hydrogen (secondary N) is 1. The molecular formula is C14H22FN3O. The summed E-state index contributed by atoms with van der Waals surface area (Å²) in [6.45, 7) is 6.07. The third kappa shape index (κ3) is 3.67. The van der Waals surface area contributed by atoms with E-state index in [9.17, 15) is 9.18 Å². The van der Waals surface area contributed by atoms with Gasteiger partial charge >= 0.3 is 0 Å². The molecule has 1 aromatic rings. The van der Waals surface area contributed by atoms with Crippen LogP contribution in [0.25, 0.3) is 0 Å². The molecule has 0 heterocycles. The molecule has 0 aliphatic carbocycles. The molecule has 0 bridgehead atoms. The molecule has 0 saturated heterocycles. The number of amides is 1. The standard InChI is InChI=1S/C14H22FN3O/c1-9-11(15)6-10(7-12(9)16)13(19)17-8-14(2,3)18(4)5/h6-7H,8,16H2,1-5H3,(H,17,19). The number of halogens is 1. The number of nitrogens with two attached hydrogens (primary N) is 1. The number of carbonyl (C=O) groups excluding carboxylic acids is 1. The van der Waals surface area contributed by atoms with Crippen LogP contribution in [0.3, 0.4) is 0 Å². The first-order valence-corrected chi connectivity index (χ1v) is 6.16. The highest BCUT2D eigenvalue weighted by atomic mass is 19.1. The lowest BCUT2D eigenvalue weighted by atomic mass is 10.0. The van der Waals surface area contributed by atoms with Crippen LogP contribution >= 0.6 is 0 Å². The van der Waals surface area contributed by atoms with Crippen LogP contribution in [0.2, 0.25) is 0 Å². The fraction of sp³-hybridized carbons (Fsp3) is 0.500. The first-order valence-electron chi connectivity index (χ1n) is 6.16. The molecule has 3 N–H and O–H groups in total. The maximum Gasteiger partial charge on any atom is 0.251 e. The molecule has 1 rings (SSSR count). The van der Waals surface area contributed by atoms with Crippen molar-refractivity contribution in [1.82, 2.24) is 10.2 Å². The van der Waals surface area contributed by atoms with Gasteiger partial charge in [0.05, 0.1) is 0 Å². The summed E-state index contributed by atoms with van der Waals surface area (Å²) in [5.41, 5.74) is 6.39. The third-order valence-corrected chi connectivity index (χ3v) is 3.54. The Kier molecular flexibility index (Phi) is 4.52. The first-order chi connectivity index (χ1) is 8.65. The van der Waals surface area contributed by atoms with Crippen LogP contribution in [-0.4, -0.2) is 37.0 Å². The second-order valence-electron chi connectivity index (χ2n) is 5.56. The molecule has 0 aliphatic rings. The molecule has 5 heteroatoms. The Morgan fingerprint density at radius 2 is 2.00 bits per heavy atom. The maximum atomic E-state index is 13.5.